The van der Waals surface area contributed by atoms with Gasteiger partial charge in [-0.15, -0.1) is 0 Å². The fourth-order valence-electron chi connectivity index (χ4n) is 2.05. The number of rotatable bonds is 5. The highest BCUT2D eigenvalue weighted by Gasteiger charge is 2.22. The molecule has 0 spiro atoms. The molecule has 5 nitrogen and oxygen atoms in total. The predicted molar refractivity (Wildman–Crippen MR) is 70.6 cm³/mol. The van der Waals surface area contributed by atoms with E-state index in [1.54, 1.807) is 14.1 Å². The summed E-state index contributed by atoms with van der Waals surface area (Å²) >= 11 is 0. The van der Waals surface area contributed by atoms with Gasteiger partial charge in [0.25, 0.3) is 0 Å². The Kier molecular flexibility index (Phi) is 5.37. The van der Waals surface area contributed by atoms with Gasteiger partial charge in [-0.1, -0.05) is 0 Å². The van der Waals surface area contributed by atoms with Crippen LogP contribution < -0.4 is 5.32 Å². The van der Waals surface area contributed by atoms with Gasteiger partial charge >= 0.3 is 0 Å². The first-order valence-electron chi connectivity index (χ1n) is 6.16. The molecule has 1 aliphatic rings. The van der Waals surface area contributed by atoms with Crippen LogP contribution in [0.4, 0.5) is 0 Å². The third kappa shape index (κ3) is 4.54. The minimum atomic E-state index is -3.06. The Morgan fingerprint density at radius 2 is 2.06 bits per heavy atom. The van der Waals surface area contributed by atoms with Crippen LogP contribution in [0.2, 0.25) is 0 Å². The molecule has 0 saturated carbocycles. The molecule has 1 rings (SSSR count). The highest BCUT2D eigenvalue weighted by atomic mass is 32.2. The molecule has 0 aromatic rings. The molecule has 1 heterocycles. The zero-order valence-corrected chi connectivity index (χ0v) is 12.1. The molecule has 0 aromatic carbocycles. The van der Waals surface area contributed by atoms with Gasteiger partial charge in [0.05, 0.1) is 5.75 Å². The lowest BCUT2D eigenvalue weighted by molar-refractivity contribution is 0.170. The summed E-state index contributed by atoms with van der Waals surface area (Å²) in [6.07, 6.45) is 2.20. The Bertz CT molecular complexity index is 330. The van der Waals surface area contributed by atoms with Crippen LogP contribution in [0.15, 0.2) is 0 Å². The van der Waals surface area contributed by atoms with E-state index in [-0.39, 0.29) is 5.75 Å². The van der Waals surface area contributed by atoms with Crippen molar-refractivity contribution in [1.82, 2.24) is 14.5 Å². The van der Waals surface area contributed by atoms with Crippen molar-refractivity contribution >= 4 is 10.0 Å². The van der Waals surface area contributed by atoms with Crippen molar-refractivity contribution in [3.05, 3.63) is 0 Å². The fourth-order valence-corrected chi connectivity index (χ4v) is 2.79. The SMILES string of the molecule is CC1CC(NCCS(=O)(=O)N(C)C)CCN1C. The second-order valence-corrected chi connectivity index (χ2v) is 7.41. The summed E-state index contributed by atoms with van der Waals surface area (Å²) in [7, 11) is 2.23. The second kappa shape index (κ2) is 6.13. The zero-order chi connectivity index (χ0) is 13.1. The van der Waals surface area contributed by atoms with E-state index in [9.17, 15) is 8.42 Å². The average molecular weight is 263 g/mol. The van der Waals surface area contributed by atoms with Gasteiger partial charge in [0.2, 0.25) is 10.0 Å². The van der Waals surface area contributed by atoms with Crippen LogP contribution in [0.1, 0.15) is 19.8 Å². The van der Waals surface area contributed by atoms with Crippen molar-refractivity contribution in [2.24, 2.45) is 0 Å². The molecule has 0 radical (unpaired) electrons. The quantitative estimate of drug-likeness (QED) is 0.756. The summed E-state index contributed by atoms with van der Waals surface area (Å²) in [4.78, 5) is 2.34. The molecule has 2 unspecified atom stereocenters. The van der Waals surface area contributed by atoms with Crippen LogP contribution in [0, 0.1) is 0 Å². The van der Waals surface area contributed by atoms with Gasteiger partial charge in [0.1, 0.15) is 0 Å². The van der Waals surface area contributed by atoms with Crippen LogP contribution in [-0.2, 0) is 10.0 Å². The first kappa shape index (κ1) is 14.9. The van der Waals surface area contributed by atoms with Gasteiger partial charge in [-0.25, -0.2) is 12.7 Å². The minimum Gasteiger partial charge on any atom is -0.313 e. The van der Waals surface area contributed by atoms with E-state index in [0.717, 1.165) is 19.4 Å². The Hall–Kier alpha value is -0.170. The largest absolute Gasteiger partial charge is 0.313 e. The number of piperidine rings is 1. The molecule has 0 aromatic heterocycles. The van der Waals surface area contributed by atoms with Gasteiger partial charge in [0, 0.05) is 32.7 Å². The molecule has 1 N–H and O–H groups in total. The normalized spacial score (nSPS) is 27.6. The van der Waals surface area contributed by atoms with E-state index in [2.05, 4.69) is 24.2 Å². The average Bonchev–Trinajstić information content (AvgIpc) is 2.23. The topological polar surface area (TPSA) is 52.7 Å². The lowest BCUT2D eigenvalue weighted by Gasteiger charge is -2.35. The van der Waals surface area contributed by atoms with Crippen LogP contribution >= 0.6 is 0 Å². The van der Waals surface area contributed by atoms with Crippen LogP contribution in [0.3, 0.4) is 0 Å². The van der Waals surface area contributed by atoms with Crippen LogP contribution in [-0.4, -0.2) is 69.7 Å². The summed E-state index contributed by atoms with van der Waals surface area (Å²) in [5.41, 5.74) is 0. The Morgan fingerprint density at radius 3 is 2.59 bits per heavy atom. The molecule has 1 aliphatic heterocycles. The maximum Gasteiger partial charge on any atom is 0.214 e. The van der Waals surface area contributed by atoms with Crippen molar-refractivity contribution < 1.29 is 8.42 Å². The van der Waals surface area contributed by atoms with Crippen molar-refractivity contribution in [1.29, 1.82) is 0 Å². The van der Waals surface area contributed by atoms with Crippen LogP contribution in [0.25, 0.3) is 0 Å². The third-order valence-corrected chi connectivity index (χ3v) is 5.39. The first-order valence-corrected chi connectivity index (χ1v) is 7.77. The maximum atomic E-state index is 11.6. The molecule has 17 heavy (non-hydrogen) atoms. The monoisotopic (exact) mass is 263 g/mol. The zero-order valence-electron chi connectivity index (χ0n) is 11.3. The van der Waals surface area contributed by atoms with E-state index in [0.29, 0.717) is 18.6 Å². The van der Waals surface area contributed by atoms with Gasteiger partial charge in [-0.2, -0.15) is 0 Å². The summed E-state index contributed by atoms with van der Waals surface area (Å²) in [6.45, 7) is 3.84. The van der Waals surface area contributed by atoms with Gasteiger partial charge in [-0.3, -0.25) is 0 Å². The highest BCUT2D eigenvalue weighted by molar-refractivity contribution is 7.89. The number of sulfonamides is 1. The molecular weight excluding hydrogens is 238 g/mol. The van der Waals surface area contributed by atoms with E-state index in [4.69, 9.17) is 0 Å². The van der Waals surface area contributed by atoms with Crippen LogP contribution in [0.5, 0.6) is 0 Å². The summed E-state index contributed by atoms with van der Waals surface area (Å²) in [5, 5.41) is 3.35. The Morgan fingerprint density at radius 1 is 1.41 bits per heavy atom. The van der Waals surface area contributed by atoms with E-state index in [1.165, 1.54) is 4.31 Å². The van der Waals surface area contributed by atoms with Crippen molar-refractivity contribution in [3.8, 4) is 0 Å². The number of nitrogens with zero attached hydrogens (tertiary/aromatic N) is 2. The van der Waals surface area contributed by atoms with Crippen molar-refractivity contribution in [3.63, 3.8) is 0 Å². The summed E-state index contributed by atoms with van der Waals surface area (Å²) in [5.74, 6) is 0.181. The molecule has 1 fully saturated rings. The first-order chi connectivity index (χ1) is 7.83. The number of hydrogen-bond donors (Lipinski definition) is 1. The van der Waals surface area contributed by atoms with Crippen molar-refractivity contribution in [2.75, 3.05) is 40.0 Å². The van der Waals surface area contributed by atoms with Gasteiger partial charge < -0.3 is 10.2 Å². The molecule has 2 atom stereocenters. The molecular formula is C11H25N3O2S. The van der Waals surface area contributed by atoms with E-state index < -0.39 is 10.0 Å². The molecule has 102 valence electrons. The minimum absolute atomic E-state index is 0.181. The Balaban J connectivity index is 2.28. The van der Waals surface area contributed by atoms with E-state index in [1.807, 2.05) is 0 Å². The van der Waals surface area contributed by atoms with E-state index >= 15 is 0 Å². The lowest BCUT2D eigenvalue weighted by atomic mass is 9.99. The number of hydrogen-bond acceptors (Lipinski definition) is 4. The van der Waals surface area contributed by atoms with Gasteiger partial charge in [-0.05, 0) is 33.4 Å². The fraction of sp³-hybridized carbons (Fsp3) is 1.00. The molecule has 0 bridgehead atoms. The smallest absolute Gasteiger partial charge is 0.214 e. The Labute approximate surface area is 105 Å². The maximum absolute atomic E-state index is 11.6. The number of nitrogens with one attached hydrogen (secondary N) is 1. The van der Waals surface area contributed by atoms with Crippen molar-refractivity contribution in [2.45, 2.75) is 31.8 Å². The molecule has 1 saturated heterocycles. The third-order valence-electron chi connectivity index (χ3n) is 3.56. The second-order valence-electron chi connectivity index (χ2n) is 5.10. The molecule has 0 amide bonds. The highest BCUT2D eigenvalue weighted by Crippen LogP contribution is 2.14. The molecule has 0 aliphatic carbocycles. The standard InChI is InChI=1S/C11H25N3O2S/c1-10-9-11(5-7-14(10)4)12-6-8-17(15,16)13(2)3/h10-12H,5-9H2,1-4H3. The summed E-state index contributed by atoms with van der Waals surface area (Å²) < 4.78 is 24.4. The number of likely N-dealkylation sites (tertiary alicyclic amines) is 1. The summed E-state index contributed by atoms with van der Waals surface area (Å²) in [6, 6.07) is 1.03. The van der Waals surface area contributed by atoms with Gasteiger partial charge in [0.15, 0.2) is 0 Å². The lowest BCUT2D eigenvalue weighted by Crippen LogP contribution is -2.46. The molecule has 6 heteroatoms. The predicted octanol–water partition coefficient (Wildman–Crippen LogP) is -0.0499.